The number of benzene rings is 2. The highest BCUT2D eigenvalue weighted by molar-refractivity contribution is 7.98. The molecule has 0 spiro atoms. The predicted octanol–water partition coefficient (Wildman–Crippen LogP) is 4.96. The van der Waals surface area contributed by atoms with E-state index in [4.69, 9.17) is 0 Å². The average molecular weight is 309 g/mol. The molecule has 0 aliphatic rings. The van der Waals surface area contributed by atoms with Gasteiger partial charge in [-0.25, -0.2) is 0 Å². The Morgan fingerprint density at radius 1 is 1.00 bits per heavy atom. The third-order valence-corrected chi connectivity index (χ3v) is 3.64. The van der Waals surface area contributed by atoms with Gasteiger partial charge in [0, 0.05) is 10.5 Å². The normalized spacial score (nSPS) is 12.5. The highest BCUT2D eigenvalue weighted by Crippen LogP contribution is 2.25. The first-order valence-electron chi connectivity index (χ1n) is 6.30. The molecule has 0 saturated carbocycles. The van der Waals surface area contributed by atoms with E-state index < -0.39 is 11.9 Å². The minimum atomic E-state index is -4.46. The van der Waals surface area contributed by atoms with Crippen molar-refractivity contribution in [1.29, 1.82) is 0 Å². The van der Waals surface area contributed by atoms with E-state index in [-0.39, 0.29) is 12.1 Å². The summed E-state index contributed by atoms with van der Waals surface area (Å²) in [5.74, 6) is 0. The van der Waals surface area contributed by atoms with Crippen LogP contribution in [0.5, 0.6) is 0 Å². The largest absolute Gasteiger partial charge is 0.433 e. The van der Waals surface area contributed by atoms with E-state index >= 15 is 0 Å². The fraction of sp³-hybridized carbons (Fsp3) is 0.188. The summed E-state index contributed by atoms with van der Waals surface area (Å²) in [7, 11) is 0. The van der Waals surface area contributed by atoms with Gasteiger partial charge in [-0.2, -0.15) is 13.2 Å². The van der Waals surface area contributed by atoms with E-state index in [2.05, 4.69) is 4.99 Å². The molecule has 5 heteroatoms. The van der Waals surface area contributed by atoms with Crippen LogP contribution < -0.4 is 0 Å². The first kappa shape index (κ1) is 15.6. The molecule has 0 bridgehead atoms. The number of hydrogen-bond donors (Lipinski definition) is 0. The van der Waals surface area contributed by atoms with E-state index in [0.717, 1.165) is 10.5 Å². The van der Waals surface area contributed by atoms with Crippen molar-refractivity contribution >= 4 is 17.5 Å². The summed E-state index contributed by atoms with van der Waals surface area (Å²) >= 11 is 1.49. The minimum absolute atomic E-state index is 0.0139. The number of rotatable bonds is 4. The predicted molar refractivity (Wildman–Crippen MR) is 81.0 cm³/mol. The molecular formula is C16H14F3NS. The monoisotopic (exact) mass is 309 g/mol. The number of halogens is 3. The molecule has 0 aliphatic heterocycles. The van der Waals surface area contributed by atoms with Crippen LogP contribution >= 0.6 is 11.8 Å². The first-order valence-corrected chi connectivity index (χ1v) is 7.53. The third-order valence-electron chi connectivity index (χ3n) is 2.89. The van der Waals surface area contributed by atoms with E-state index in [0.29, 0.717) is 0 Å². The van der Waals surface area contributed by atoms with Crippen LogP contribution in [0.3, 0.4) is 0 Å². The SMILES string of the molecule is CSc1ccc(/C(=N/Cc2ccccc2)C(F)(F)F)cc1. The summed E-state index contributed by atoms with van der Waals surface area (Å²) in [4.78, 5) is 4.70. The Bertz CT molecular complexity index is 604. The lowest BCUT2D eigenvalue weighted by atomic mass is 10.1. The highest BCUT2D eigenvalue weighted by Gasteiger charge is 2.36. The summed E-state index contributed by atoms with van der Waals surface area (Å²) < 4.78 is 39.5. The zero-order valence-corrected chi connectivity index (χ0v) is 12.2. The molecule has 21 heavy (non-hydrogen) atoms. The van der Waals surface area contributed by atoms with Crippen molar-refractivity contribution in [3.8, 4) is 0 Å². The molecule has 0 aliphatic carbocycles. The number of thioether (sulfide) groups is 1. The fourth-order valence-corrected chi connectivity index (χ4v) is 2.26. The number of alkyl halides is 3. The van der Waals surface area contributed by atoms with Crippen LogP contribution in [-0.2, 0) is 6.54 Å². The second kappa shape index (κ2) is 6.80. The van der Waals surface area contributed by atoms with Crippen LogP contribution in [0.4, 0.5) is 13.2 Å². The molecule has 0 fully saturated rings. The maximum absolute atomic E-state index is 13.2. The third kappa shape index (κ3) is 4.36. The molecule has 0 saturated heterocycles. The Morgan fingerprint density at radius 2 is 1.62 bits per heavy atom. The number of nitrogens with zero attached hydrogens (tertiary/aromatic N) is 1. The molecule has 1 nitrogen and oxygen atoms in total. The van der Waals surface area contributed by atoms with E-state index in [1.165, 1.54) is 23.9 Å². The van der Waals surface area contributed by atoms with Crippen molar-refractivity contribution in [2.75, 3.05) is 6.26 Å². The zero-order chi connectivity index (χ0) is 15.3. The Balaban J connectivity index is 2.30. The lowest BCUT2D eigenvalue weighted by Crippen LogP contribution is -2.24. The maximum Gasteiger partial charge on any atom is 0.433 e. The fourth-order valence-electron chi connectivity index (χ4n) is 1.85. The van der Waals surface area contributed by atoms with Gasteiger partial charge in [-0.15, -0.1) is 11.8 Å². The van der Waals surface area contributed by atoms with Gasteiger partial charge >= 0.3 is 6.18 Å². The van der Waals surface area contributed by atoms with Gasteiger partial charge in [0.25, 0.3) is 0 Å². The molecule has 0 radical (unpaired) electrons. The molecule has 2 rings (SSSR count). The Hall–Kier alpha value is -1.75. The first-order chi connectivity index (χ1) is 10.0. The van der Waals surface area contributed by atoms with Crippen molar-refractivity contribution in [1.82, 2.24) is 0 Å². The van der Waals surface area contributed by atoms with Crippen molar-refractivity contribution in [3.05, 3.63) is 65.7 Å². The van der Waals surface area contributed by atoms with Gasteiger partial charge in [0.1, 0.15) is 5.71 Å². The van der Waals surface area contributed by atoms with Crippen LogP contribution in [0.25, 0.3) is 0 Å². The lowest BCUT2D eigenvalue weighted by Gasteiger charge is -2.11. The lowest BCUT2D eigenvalue weighted by molar-refractivity contribution is -0.0582. The average Bonchev–Trinajstić information content (AvgIpc) is 2.48. The van der Waals surface area contributed by atoms with Crippen LogP contribution in [-0.4, -0.2) is 18.1 Å². The van der Waals surface area contributed by atoms with Gasteiger partial charge in [0.05, 0.1) is 6.54 Å². The van der Waals surface area contributed by atoms with E-state index in [9.17, 15) is 13.2 Å². The van der Waals surface area contributed by atoms with E-state index in [1.54, 1.807) is 36.4 Å². The van der Waals surface area contributed by atoms with Gasteiger partial charge in [-0.05, 0) is 24.0 Å². The van der Waals surface area contributed by atoms with Gasteiger partial charge in [-0.1, -0.05) is 42.5 Å². The van der Waals surface area contributed by atoms with Crippen molar-refractivity contribution in [3.63, 3.8) is 0 Å². The quantitative estimate of drug-likeness (QED) is 0.574. The standard InChI is InChI=1S/C16H14F3NS/c1-21-14-9-7-13(8-10-14)15(16(17,18)19)20-11-12-5-3-2-4-6-12/h2-10H,11H2,1H3/b20-15-. The van der Waals surface area contributed by atoms with Crippen molar-refractivity contribution in [2.45, 2.75) is 17.6 Å². The number of hydrogen-bond acceptors (Lipinski definition) is 2. The summed E-state index contributed by atoms with van der Waals surface area (Å²) in [6.07, 6.45) is -2.58. The van der Waals surface area contributed by atoms with Crippen LogP contribution in [0.2, 0.25) is 0 Å². The molecule has 2 aromatic rings. The van der Waals surface area contributed by atoms with Gasteiger partial charge < -0.3 is 0 Å². The molecular weight excluding hydrogens is 295 g/mol. The van der Waals surface area contributed by atoms with Crippen LogP contribution in [0, 0.1) is 0 Å². The molecule has 0 unspecified atom stereocenters. The van der Waals surface area contributed by atoms with Gasteiger partial charge in [-0.3, -0.25) is 4.99 Å². The van der Waals surface area contributed by atoms with Crippen LogP contribution in [0.1, 0.15) is 11.1 Å². The molecule has 2 aromatic carbocycles. The topological polar surface area (TPSA) is 12.4 Å². The van der Waals surface area contributed by atoms with Gasteiger partial charge in [0.2, 0.25) is 0 Å². The molecule has 110 valence electrons. The molecule has 0 heterocycles. The van der Waals surface area contributed by atoms with Gasteiger partial charge in [0.15, 0.2) is 0 Å². The molecule has 0 amide bonds. The summed E-state index contributed by atoms with van der Waals surface area (Å²) in [5.41, 5.74) is 0.00946. The molecule has 0 N–H and O–H groups in total. The van der Waals surface area contributed by atoms with Crippen LogP contribution in [0.15, 0.2) is 64.5 Å². The Morgan fingerprint density at radius 3 is 2.14 bits per heavy atom. The second-order valence-electron chi connectivity index (χ2n) is 4.38. The Kier molecular flexibility index (Phi) is 5.07. The van der Waals surface area contributed by atoms with E-state index in [1.807, 2.05) is 12.3 Å². The van der Waals surface area contributed by atoms with Crippen molar-refractivity contribution < 1.29 is 13.2 Å². The maximum atomic E-state index is 13.2. The summed E-state index contributed by atoms with van der Waals surface area (Å²) in [6, 6.07) is 15.2. The molecule has 0 atom stereocenters. The number of aliphatic imine (C=N–C) groups is 1. The highest BCUT2D eigenvalue weighted by atomic mass is 32.2. The Labute approximate surface area is 125 Å². The second-order valence-corrected chi connectivity index (χ2v) is 5.26. The smallest absolute Gasteiger partial charge is 0.275 e. The van der Waals surface area contributed by atoms with Crippen molar-refractivity contribution in [2.24, 2.45) is 4.99 Å². The summed E-state index contributed by atoms with van der Waals surface area (Å²) in [5, 5.41) is 0. The zero-order valence-electron chi connectivity index (χ0n) is 11.4. The molecule has 0 aromatic heterocycles. The minimum Gasteiger partial charge on any atom is -0.275 e. The summed E-state index contributed by atoms with van der Waals surface area (Å²) in [6.45, 7) is 0.0139.